The van der Waals surface area contributed by atoms with Gasteiger partial charge in [0.15, 0.2) is 11.5 Å². The molecule has 1 aromatic carbocycles. The number of fused-ring (bicyclic) bond motifs is 1. The topological polar surface area (TPSA) is 76.2 Å². The smallest absolute Gasteiger partial charge is 0.272 e. The molecule has 1 heterocycles. The molecule has 128 valence electrons. The molecule has 0 saturated carbocycles. The molecule has 1 aliphatic rings. The number of carbonyl (C=O) groups excluding carboxylic acids is 1. The zero-order valence-corrected chi connectivity index (χ0v) is 14.5. The Morgan fingerprint density at radius 1 is 1.25 bits per heavy atom. The van der Waals surface area contributed by atoms with E-state index in [0.29, 0.717) is 17.4 Å². The number of aromatic amines is 1. The number of hydrogen-bond donors (Lipinski definition) is 2. The molecule has 1 aromatic heterocycles. The zero-order valence-electron chi connectivity index (χ0n) is 14.5. The van der Waals surface area contributed by atoms with Gasteiger partial charge in [0.1, 0.15) is 5.69 Å². The highest BCUT2D eigenvalue weighted by Crippen LogP contribution is 2.39. The molecule has 3 rings (SSSR count). The fourth-order valence-corrected chi connectivity index (χ4v) is 3.06. The quantitative estimate of drug-likeness (QED) is 0.884. The summed E-state index contributed by atoms with van der Waals surface area (Å²) in [5, 5.41) is 10.1. The summed E-state index contributed by atoms with van der Waals surface area (Å²) < 4.78 is 10.7. The SMILES string of the molecule is COc1cc2c(cc1OC)[C@@H](NC(=O)c1cc(C(C)C)[nH]n1)CC2. The number of methoxy groups -OCH3 is 2. The number of hydrogen-bond acceptors (Lipinski definition) is 4. The zero-order chi connectivity index (χ0) is 17.3. The van der Waals surface area contributed by atoms with Crippen LogP contribution >= 0.6 is 0 Å². The number of nitrogens with one attached hydrogen (secondary N) is 2. The third-order valence-electron chi connectivity index (χ3n) is 4.48. The summed E-state index contributed by atoms with van der Waals surface area (Å²) in [6, 6.07) is 5.72. The predicted molar refractivity (Wildman–Crippen MR) is 90.8 cm³/mol. The average molecular weight is 329 g/mol. The van der Waals surface area contributed by atoms with Crippen molar-refractivity contribution >= 4 is 5.91 Å². The van der Waals surface area contributed by atoms with Crippen molar-refractivity contribution < 1.29 is 14.3 Å². The Morgan fingerprint density at radius 3 is 2.58 bits per heavy atom. The second kappa shape index (κ2) is 6.55. The molecule has 6 nitrogen and oxygen atoms in total. The van der Waals surface area contributed by atoms with Gasteiger partial charge in [-0.2, -0.15) is 5.10 Å². The second-order valence-corrected chi connectivity index (χ2v) is 6.33. The third kappa shape index (κ3) is 2.96. The molecule has 6 heteroatoms. The van der Waals surface area contributed by atoms with Crippen LogP contribution in [-0.4, -0.2) is 30.3 Å². The maximum Gasteiger partial charge on any atom is 0.272 e. The van der Waals surface area contributed by atoms with Crippen LogP contribution in [-0.2, 0) is 6.42 Å². The Hall–Kier alpha value is -2.50. The highest BCUT2D eigenvalue weighted by Gasteiger charge is 2.27. The van der Waals surface area contributed by atoms with Crippen molar-refractivity contribution in [3.8, 4) is 11.5 Å². The number of aromatic nitrogens is 2. The van der Waals surface area contributed by atoms with Gasteiger partial charge in [-0.3, -0.25) is 9.89 Å². The maximum absolute atomic E-state index is 12.5. The van der Waals surface area contributed by atoms with Gasteiger partial charge in [-0.15, -0.1) is 0 Å². The minimum atomic E-state index is -0.161. The lowest BCUT2D eigenvalue weighted by Crippen LogP contribution is -2.27. The summed E-state index contributed by atoms with van der Waals surface area (Å²) in [6.45, 7) is 4.12. The summed E-state index contributed by atoms with van der Waals surface area (Å²) in [5.74, 6) is 1.55. The van der Waals surface area contributed by atoms with Gasteiger partial charge in [0.25, 0.3) is 5.91 Å². The standard InChI is InChI=1S/C18H23N3O3/c1-10(2)14-9-15(21-20-14)18(22)19-13-6-5-11-7-16(23-3)17(24-4)8-12(11)13/h7-10,13H,5-6H2,1-4H3,(H,19,22)(H,20,21)/t13-/m0/s1. The van der Waals surface area contributed by atoms with Crippen LogP contribution in [0.15, 0.2) is 18.2 Å². The molecule has 0 fully saturated rings. The van der Waals surface area contributed by atoms with Crippen LogP contribution in [0.1, 0.15) is 59.5 Å². The van der Waals surface area contributed by atoms with Gasteiger partial charge in [-0.25, -0.2) is 0 Å². The maximum atomic E-state index is 12.5. The van der Waals surface area contributed by atoms with Gasteiger partial charge in [0.2, 0.25) is 0 Å². The van der Waals surface area contributed by atoms with Crippen molar-refractivity contribution in [3.05, 3.63) is 40.7 Å². The van der Waals surface area contributed by atoms with Crippen LogP contribution in [0.2, 0.25) is 0 Å². The minimum absolute atomic E-state index is 0.0356. The number of benzene rings is 1. The van der Waals surface area contributed by atoms with E-state index in [0.717, 1.165) is 29.8 Å². The highest BCUT2D eigenvalue weighted by atomic mass is 16.5. The second-order valence-electron chi connectivity index (χ2n) is 6.33. The normalized spacial score (nSPS) is 16.1. The molecule has 0 bridgehead atoms. The molecule has 0 spiro atoms. The van der Waals surface area contributed by atoms with E-state index in [1.54, 1.807) is 14.2 Å². The van der Waals surface area contributed by atoms with Gasteiger partial charge in [-0.05, 0) is 48.1 Å². The summed E-state index contributed by atoms with van der Waals surface area (Å²) in [6.07, 6.45) is 1.76. The highest BCUT2D eigenvalue weighted by molar-refractivity contribution is 5.92. The Kier molecular flexibility index (Phi) is 4.46. The van der Waals surface area contributed by atoms with Crippen LogP contribution < -0.4 is 14.8 Å². The molecular weight excluding hydrogens is 306 g/mol. The first kappa shape index (κ1) is 16.4. The van der Waals surface area contributed by atoms with E-state index in [9.17, 15) is 4.79 Å². The molecule has 2 N–H and O–H groups in total. The van der Waals surface area contributed by atoms with Crippen LogP contribution in [0, 0.1) is 0 Å². The molecule has 0 aliphatic heterocycles. The number of aryl methyl sites for hydroxylation is 1. The number of H-pyrrole nitrogens is 1. The lowest BCUT2D eigenvalue weighted by Gasteiger charge is -2.15. The molecule has 2 aromatic rings. The van der Waals surface area contributed by atoms with Crippen LogP contribution in [0.5, 0.6) is 11.5 Å². The van der Waals surface area contributed by atoms with Gasteiger partial charge in [0.05, 0.1) is 20.3 Å². The van der Waals surface area contributed by atoms with Gasteiger partial charge in [-0.1, -0.05) is 13.8 Å². The summed E-state index contributed by atoms with van der Waals surface area (Å²) in [7, 11) is 3.24. The van der Waals surface area contributed by atoms with E-state index in [1.807, 2.05) is 18.2 Å². The Balaban J connectivity index is 1.79. The number of carbonyl (C=O) groups is 1. The van der Waals surface area contributed by atoms with Gasteiger partial charge in [0, 0.05) is 5.69 Å². The van der Waals surface area contributed by atoms with E-state index in [-0.39, 0.29) is 11.9 Å². The fourth-order valence-electron chi connectivity index (χ4n) is 3.06. The number of ether oxygens (including phenoxy) is 2. The molecule has 24 heavy (non-hydrogen) atoms. The number of rotatable bonds is 5. The fraction of sp³-hybridized carbons (Fsp3) is 0.444. The van der Waals surface area contributed by atoms with E-state index < -0.39 is 0 Å². The minimum Gasteiger partial charge on any atom is -0.493 e. The predicted octanol–water partition coefficient (Wildman–Crippen LogP) is 2.97. The summed E-state index contributed by atoms with van der Waals surface area (Å²) in [4.78, 5) is 12.5. The Bertz CT molecular complexity index is 752. The summed E-state index contributed by atoms with van der Waals surface area (Å²) in [5.41, 5.74) is 3.65. The summed E-state index contributed by atoms with van der Waals surface area (Å²) >= 11 is 0. The Morgan fingerprint density at radius 2 is 1.96 bits per heavy atom. The molecule has 1 atom stereocenters. The van der Waals surface area contributed by atoms with Crippen LogP contribution in [0.3, 0.4) is 0 Å². The molecule has 1 amide bonds. The largest absolute Gasteiger partial charge is 0.493 e. The lowest BCUT2D eigenvalue weighted by molar-refractivity contribution is 0.0931. The first-order chi connectivity index (χ1) is 11.5. The Labute approximate surface area is 141 Å². The van der Waals surface area contributed by atoms with Crippen molar-refractivity contribution in [1.82, 2.24) is 15.5 Å². The van der Waals surface area contributed by atoms with Crippen molar-refractivity contribution in [2.75, 3.05) is 14.2 Å². The van der Waals surface area contributed by atoms with Crippen molar-refractivity contribution in [1.29, 1.82) is 0 Å². The van der Waals surface area contributed by atoms with Crippen molar-refractivity contribution in [2.24, 2.45) is 0 Å². The first-order valence-corrected chi connectivity index (χ1v) is 8.14. The average Bonchev–Trinajstić information content (AvgIpc) is 3.21. The van der Waals surface area contributed by atoms with Crippen molar-refractivity contribution in [3.63, 3.8) is 0 Å². The van der Waals surface area contributed by atoms with E-state index in [2.05, 4.69) is 29.4 Å². The van der Waals surface area contributed by atoms with Crippen LogP contribution in [0.4, 0.5) is 0 Å². The van der Waals surface area contributed by atoms with Crippen molar-refractivity contribution in [2.45, 2.75) is 38.6 Å². The molecule has 0 saturated heterocycles. The van der Waals surface area contributed by atoms with Crippen LogP contribution in [0.25, 0.3) is 0 Å². The molecule has 0 unspecified atom stereocenters. The molecular formula is C18H23N3O3. The molecule has 0 radical (unpaired) electrons. The van der Waals surface area contributed by atoms with E-state index >= 15 is 0 Å². The monoisotopic (exact) mass is 329 g/mol. The lowest BCUT2D eigenvalue weighted by atomic mass is 10.1. The number of nitrogens with zero attached hydrogens (tertiary/aromatic N) is 1. The van der Waals surface area contributed by atoms with Gasteiger partial charge < -0.3 is 14.8 Å². The third-order valence-corrected chi connectivity index (χ3v) is 4.48. The van der Waals surface area contributed by atoms with E-state index in [1.165, 1.54) is 5.56 Å². The van der Waals surface area contributed by atoms with E-state index in [4.69, 9.17) is 9.47 Å². The first-order valence-electron chi connectivity index (χ1n) is 8.14. The van der Waals surface area contributed by atoms with Gasteiger partial charge >= 0.3 is 0 Å². The number of amides is 1. The molecule has 1 aliphatic carbocycles.